The number of hydrogen-bond donors (Lipinski definition) is 1. The molecular formula is C31H45NO4. The van der Waals surface area contributed by atoms with Crippen molar-refractivity contribution < 1.29 is 19.4 Å². The monoisotopic (exact) mass is 495 g/mol. The van der Waals surface area contributed by atoms with Gasteiger partial charge in [-0.15, -0.1) is 0 Å². The van der Waals surface area contributed by atoms with Crippen molar-refractivity contribution >= 4 is 18.1 Å². The maximum Gasteiger partial charge on any atom is 0.339 e. The van der Waals surface area contributed by atoms with E-state index in [9.17, 15) is 14.7 Å². The van der Waals surface area contributed by atoms with Crippen molar-refractivity contribution in [2.45, 2.75) is 104 Å². The number of hydrogen-bond acceptors (Lipinski definition) is 3. The molecule has 3 rings (SSSR count). The second kappa shape index (κ2) is 17.6. The van der Waals surface area contributed by atoms with Crippen LogP contribution in [0.25, 0.3) is 6.20 Å². The normalized spacial score (nSPS) is 11.6. The lowest BCUT2D eigenvalue weighted by Crippen LogP contribution is -2.15. The van der Waals surface area contributed by atoms with Crippen LogP contribution >= 0.6 is 0 Å². The SMILES string of the molecule is C1=Cn2cccc2C1.CCCCCCCCOC(=O)c1cccc(CCCCCCCC)c1C(=O)O. The molecule has 0 fully saturated rings. The first-order valence-electron chi connectivity index (χ1n) is 13.9. The van der Waals surface area contributed by atoms with E-state index in [1.807, 2.05) is 6.07 Å². The fourth-order valence-corrected chi connectivity index (χ4v) is 4.49. The number of aromatic carboxylic acids is 1. The zero-order valence-corrected chi connectivity index (χ0v) is 22.3. The van der Waals surface area contributed by atoms with Crippen molar-refractivity contribution in [3.05, 3.63) is 65.0 Å². The number of ether oxygens (including phenoxy) is 1. The first-order valence-corrected chi connectivity index (χ1v) is 13.9. The Hall–Kier alpha value is -2.82. The van der Waals surface area contributed by atoms with Gasteiger partial charge in [-0.25, -0.2) is 9.59 Å². The number of carbonyl (C=O) groups excluding carboxylic acids is 1. The minimum Gasteiger partial charge on any atom is -0.478 e. The van der Waals surface area contributed by atoms with Gasteiger partial charge in [-0.2, -0.15) is 0 Å². The number of nitrogens with zero attached hydrogens (tertiary/aromatic N) is 1. The van der Waals surface area contributed by atoms with Gasteiger partial charge in [-0.1, -0.05) is 96.3 Å². The number of esters is 1. The quantitative estimate of drug-likeness (QED) is 0.188. The molecule has 2 aromatic rings. The van der Waals surface area contributed by atoms with Crippen LogP contribution in [-0.2, 0) is 17.6 Å². The Morgan fingerprint density at radius 2 is 1.53 bits per heavy atom. The van der Waals surface area contributed by atoms with Gasteiger partial charge >= 0.3 is 11.9 Å². The van der Waals surface area contributed by atoms with E-state index < -0.39 is 11.9 Å². The van der Waals surface area contributed by atoms with Gasteiger partial charge in [0.15, 0.2) is 0 Å². The van der Waals surface area contributed by atoms with E-state index in [1.165, 1.54) is 50.6 Å². The van der Waals surface area contributed by atoms with Crippen molar-refractivity contribution in [2.24, 2.45) is 0 Å². The minimum atomic E-state index is -1.05. The molecule has 198 valence electrons. The smallest absolute Gasteiger partial charge is 0.339 e. The summed E-state index contributed by atoms with van der Waals surface area (Å²) in [5.41, 5.74) is 2.42. The van der Waals surface area contributed by atoms with E-state index in [0.717, 1.165) is 44.1 Å². The van der Waals surface area contributed by atoms with Crippen molar-refractivity contribution in [1.29, 1.82) is 0 Å². The first-order chi connectivity index (χ1) is 17.6. The van der Waals surface area contributed by atoms with Crippen LogP contribution < -0.4 is 0 Å². The number of unbranched alkanes of at least 4 members (excludes halogenated alkanes) is 10. The zero-order valence-electron chi connectivity index (χ0n) is 22.3. The molecule has 0 atom stereocenters. The second-order valence-corrected chi connectivity index (χ2v) is 9.56. The molecule has 0 amide bonds. The summed E-state index contributed by atoms with van der Waals surface area (Å²) in [7, 11) is 0. The van der Waals surface area contributed by atoms with Gasteiger partial charge in [-0.05, 0) is 43.0 Å². The van der Waals surface area contributed by atoms with E-state index in [-0.39, 0.29) is 11.1 Å². The third kappa shape index (κ3) is 10.4. The van der Waals surface area contributed by atoms with Gasteiger partial charge in [0.1, 0.15) is 0 Å². The van der Waals surface area contributed by atoms with Crippen LogP contribution in [0.5, 0.6) is 0 Å². The highest BCUT2D eigenvalue weighted by atomic mass is 16.5. The number of carboxylic acid groups (broad SMARTS) is 1. The van der Waals surface area contributed by atoms with E-state index in [4.69, 9.17) is 4.74 Å². The maximum atomic E-state index is 12.4. The van der Waals surface area contributed by atoms with Crippen LogP contribution in [0, 0.1) is 0 Å². The number of aromatic nitrogens is 1. The van der Waals surface area contributed by atoms with Crippen molar-refractivity contribution in [1.82, 2.24) is 4.57 Å². The average Bonchev–Trinajstić information content (AvgIpc) is 3.51. The largest absolute Gasteiger partial charge is 0.478 e. The molecule has 1 aromatic carbocycles. The van der Waals surface area contributed by atoms with Crippen LogP contribution in [0.4, 0.5) is 0 Å². The number of aryl methyl sites for hydroxylation is 1. The fraction of sp³-hybridized carbons (Fsp3) is 0.548. The lowest BCUT2D eigenvalue weighted by molar-refractivity contribution is 0.0487. The van der Waals surface area contributed by atoms with Crippen molar-refractivity contribution in [2.75, 3.05) is 6.61 Å². The highest BCUT2D eigenvalue weighted by Crippen LogP contribution is 2.20. The Morgan fingerprint density at radius 3 is 2.19 bits per heavy atom. The summed E-state index contributed by atoms with van der Waals surface area (Å²) in [5.74, 6) is -1.57. The topological polar surface area (TPSA) is 68.5 Å². The molecule has 2 heterocycles. The van der Waals surface area contributed by atoms with Gasteiger partial charge < -0.3 is 14.4 Å². The molecular weight excluding hydrogens is 450 g/mol. The minimum absolute atomic E-state index is 0.115. The Kier molecular flexibility index (Phi) is 14.4. The molecule has 1 aliphatic heterocycles. The first kappa shape index (κ1) is 29.4. The molecule has 36 heavy (non-hydrogen) atoms. The van der Waals surface area contributed by atoms with Crippen LogP contribution in [0.3, 0.4) is 0 Å². The van der Waals surface area contributed by atoms with Gasteiger partial charge in [0.25, 0.3) is 0 Å². The van der Waals surface area contributed by atoms with Crippen LogP contribution in [0.2, 0.25) is 0 Å². The van der Waals surface area contributed by atoms with E-state index in [1.54, 1.807) is 12.1 Å². The van der Waals surface area contributed by atoms with Crippen LogP contribution in [-0.4, -0.2) is 28.2 Å². The Labute approximate surface area is 217 Å². The van der Waals surface area contributed by atoms with Crippen molar-refractivity contribution in [3.8, 4) is 0 Å². The molecule has 0 bridgehead atoms. The predicted octanol–water partition coefficient (Wildman–Crippen LogP) is 8.32. The summed E-state index contributed by atoms with van der Waals surface area (Å²) in [6.45, 7) is 4.73. The highest BCUT2D eigenvalue weighted by Gasteiger charge is 2.21. The van der Waals surface area contributed by atoms with Gasteiger partial charge in [0, 0.05) is 24.5 Å². The molecule has 0 radical (unpaired) electrons. The van der Waals surface area contributed by atoms with Crippen LogP contribution in [0.1, 0.15) is 123 Å². The summed E-state index contributed by atoms with van der Waals surface area (Å²) < 4.78 is 7.49. The maximum absolute atomic E-state index is 12.4. The predicted molar refractivity (Wildman–Crippen MR) is 148 cm³/mol. The number of fused-ring (bicyclic) bond motifs is 1. The average molecular weight is 496 g/mol. The summed E-state index contributed by atoms with van der Waals surface area (Å²) in [6, 6.07) is 9.36. The molecule has 1 aliphatic rings. The third-order valence-corrected chi connectivity index (χ3v) is 6.58. The van der Waals surface area contributed by atoms with E-state index >= 15 is 0 Å². The summed E-state index contributed by atoms with van der Waals surface area (Å²) in [5, 5.41) is 9.65. The number of carboxylic acids is 1. The van der Waals surface area contributed by atoms with E-state index in [0.29, 0.717) is 13.0 Å². The van der Waals surface area contributed by atoms with E-state index in [2.05, 4.69) is 49.0 Å². The Bertz CT molecular complexity index is 944. The lowest BCUT2D eigenvalue weighted by atomic mass is 9.96. The number of carbonyl (C=O) groups is 2. The summed E-state index contributed by atoms with van der Waals surface area (Å²) in [6.07, 6.45) is 21.7. The fourth-order valence-electron chi connectivity index (χ4n) is 4.49. The molecule has 5 nitrogen and oxygen atoms in total. The molecule has 1 aromatic heterocycles. The Balaban J connectivity index is 0.000000471. The lowest BCUT2D eigenvalue weighted by Gasteiger charge is -2.12. The number of rotatable bonds is 16. The summed E-state index contributed by atoms with van der Waals surface area (Å²) in [4.78, 5) is 24.2. The molecule has 0 spiro atoms. The van der Waals surface area contributed by atoms with Crippen molar-refractivity contribution in [3.63, 3.8) is 0 Å². The van der Waals surface area contributed by atoms with Gasteiger partial charge in [0.2, 0.25) is 0 Å². The molecule has 5 heteroatoms. The number of allylic oxidation sites excluding steroid dienone is 1. The van der Waals surface area contributed by atoms with Gasteiger partial charge in [0.05, 0.1) is 17.7 Å². The molecule has 1 N–H and O–H groups in total. The molecule has 0 saturated carbocycles. The Morgan fingerprint density at radius 1 is 0.861 bits per heavy atom. The standard InChI is InChI=1S/C24H38O4.C7H7N/c1-3-5-7-9-11-13-16-20-17-15-18-21(22(20)23(25)26)24(27)28-19-14-12-10-8-6-4-2;1-3-7-4-2-6-8(7)5-1/h15,17-18H,3-14,16,19H2,1-2H3,(H,25,26);1-3,5-6H,4H2. The molecule has 0 unspecified atom stereocenters. The van der Waals surface area contributed by atoms with Crippen LogP contribution in [0.15, 0.2) is 42.6 Å². The number of benzene rings is 1. The zero-order chi connectivity index (χ0) is 26.0. The second-order valence-electron chi connectivity index (χ2n) is 9.56. The van der Waals surface area contributed by atoms with Gasteiger partial charge in [-0.3, -0.25) is 0 Å². The third-order valence-electron chi connectivity index (χ3n) is 6.58. The summed E-state index contributed by atoms with van der Waals surface area (Å²) >= 11 is 0. The molecule has 0 aliphatic carbocycles. The highest BCUT2D eigenvalue weighted by molar-refractivity contribution is 6.03. The molecule has 0 saturated heterocycles.